The summed E-state index contributed by atoms with van der Waals surface area (Å²) in [5.41, 5.74) is 0.255. The molecule has 4 heteroatoms. The zero-order chi connectivity index (χ0) is 21.3. The van der Waals surface area contributed by atoms with Gasteiger partial charge in [-0.25, -0.2) is 4.79 Å². The smallest absolute Gasteiger partial charge is 0.331 e. The molecule has 1 aliphatic rings. The van der Waals surface area contributed by atoms with Crippen molar-refractivity contribution in [1.82, 2.24) is 0 Å². The zero-order valence-corrected chi connectivity index (χ0v) is 18.7. The summed E-state index contributed by atoms with van der Waals surface area (Å²) in [6.07, 6.45) is 12.5. The van der Waals surface area contributed by atoms with Crippen molar-refractivity contribution in [3.8, 4) is 0 Å². The number of allylic oxidation sites excluding steroid dienone is 3. The lowest BCUT2D eigenvalue weighted by molar-refractivity contribution is -0.141. The fourth-order valence-corrected chi connectivity index (χ4v) is 3.78. The van der Waals surface area contributed by atoms with Gasteiger partial charge in [-0.1, -0.05) is 45.6 Å². The highest BCUT2D eigenvalue weighted by molar-refractivity contribution is 5.90. The third kappa shape index (κ3) is 8.30. The Morgan fingerprint density at radius 2 is 1.90 bits per heavy atom. The summed E-state index contributed by atoms with van der Waals surface area (Å²) in [4.78, 5) is 25.5. The second-order valence-electron chi connectivity index (χ2n) is 8.48. The van der Waals surface area contributed by atoms with Gasteiger partial charge in [0.1, 0.15) is 11.9 Å². The van der Waals surface area contributed by atoms with E-state index in [1.807, 2.05) is 40.7 Å². The normalized spacial score (nSPS) is 30.9. The maximum atomic E-state index is 13.1. The Balaban J connectivity index is 0.00000784. The van der Waals surface area contributed by atoms with Gasteiger partial charge >= 0.3 is 5.97 Å². The van der Waals surface area contributed by atoms with Gasteiger partial charge in [0.05, 0.1) is 6.10 Å². The van der Waals surface area contributed by atoms with E-state index in [1.54, 1.807) is 13.2 Å². The number of carbonyl (C=O) groups excluding carboxylic acids is 2. The molecule has 0 saturated heterocycles. The highest BCUT2D eigenvalue weighted by atomic mass is 16.5. The average molecular weight is 407 g/mol. The van der Waals surface area contributed by atoms with Crippen molar-refractivity contribution < 1.29 is 19.1 Å². The van der Waals surface area contributed by atoms with Crippen molar-refractivity contribution in [2.75, 3.05) is 7.11 Å². The van der Waals surface area contributed by atoms with Crippen LogP contribution in [0.2, 0.25) is 0 Å². The molecule has 0 aromatic carbocycles. The van der Waals surface area contributed by atoms with Crippen LogP contribution in [-0.4, -0.2) is 31.1 Å². The van der Waals surface area contributed by atoms with Gasteiger partial charge in [-0.05, 0) is 58.4 Å². The molecule has 1 rings (SSSR count). The molecule has 0 aliphatic carbocycles. The van der Waals surface area contributed by atoms with Crippen LogP contribution in [0, 0.1) is 17.3 Å². The molecule has 1 aliphatic heterocycles. The van der Waals surface area contributed by atoms with Gasteiger partial charge in [0.2, 0.25) is 0 Å². The predicted molar refractivity (Wildman–Crippen MR) is 121 cm³/mol. The molecule has 166 valence electrons. The van der Waals surface area contributed by atoms with E-state index in [9.17, 15) is 9.59 Å². The third-order valence-corrected chi connectivity index (χ3v) is 5.78. The Labute approximate surface area is 178 Å². The molecule has 0 aromatic heterocycles. The number of Topliss-reactive ketones (excluding diaryl/α,β-unsaturated/α-hetero) is 1. The summed E-state index contributed by atoms with van der Waals surface area (Å²) >= 11 is 0. The van der Waals surface area contributed by atoms with E-state index in [-0.39, 0.29) is 37.3 Å². The fourth-order valence-electron chi connectivity index (χ4n) is 3.78. The maximum Gasteiger partial charge on any atom is 0.331 e. The quantitative estimate of drug-likeness (QED) is 0.412. The summed E-state index contributed by atoms with van der Waals surface area (Å²) in [6.45, 7) is 11.7. The van der Waals surface area contributed by atoms with Crippen LogP contribution in [-0.2, 0) is 19.1 Å². The number of rotatable bonds is 2. The molecule has 4 nitrogen and oxygen atoms in total. The summed E-state index contributed by atoms with van der Waals surface area (Å²) in [5.74, 6) is -0.314. The van der Waals surface area contributed by atoms with Crippen molar-refractivity contribution in [2.24, 2.45) is 17.3 Å². The molecule has 0 spiro atoms. The molecule has 4 unspecified atom stereocenters. The molecule has 4 atom stereocenters. The molecule has 0 amide bonds. The Kier molecular flexibility index (Phi) is 12.1. The van der Waals surface area contributed by atoms with Crippen molar-refractivity contribution in [1.29, 1.82) is 0 Å². The minimum Gasteiger partial charge on any atom is -0.454 e. The standard InChI is InChI=1S/C24H38O4.CH4/c1-8-17(2)20-14-12-10-9-11-13-18(3)22(27-7)19(4)23(26)24(5,6)16-15-21(25)28-20;/h8,10,12,15-16,18-20,22H,9,11,13-14H2,1-7H3;1H4/b12-10?,16-15+,17-8+;. The Hall–Kier alpha value is -1.68. The molecule has 0 bridgehead atoms. The van der Waals surface area contributed by atoms with Gasteiger partial charge in [0, 0.05) is 30.9 Å². The van der Waals surface area contributed by atoms with Crippen LogP contribution in [0.5, 0.6) is 0 Å². The molecule has 0 N–H and O–H groups in total. The first-order chi connectivity index (χ1) is 13.1. The van der Waals surface area contributed by atoms with Gasteiger partial charge in [0.15, 0.2) is 0 Å². The zero-order valence-electron chi connectivity index (χ0n) is 18.7. The molecular weight excluding hydrogens is 364 g/mol. The number of methoxy groups -OCH3 is 1. The summed E-state index contributed by atoms with van der Waals surface area (Å²) in [6, 6.07) is 0. The van der Waals surface area contributed by atoms with Crippen LogP contribution in [0.25, 0.3) is 0 Å². The summed E-state index contributed by atoms with van der Waals surface area (Å²) < 4.78 is 11.3. The van der Waals surface area contributed by atoms with Gasteiger partial charge in [0.25, 0.3) is 0 Å². The fraction of sp³-hybridized carbons (Fsp3) is 0.680. The molecule has 0 saturated carbocycles. The molecular formula is C25H42O4. The molecule has 29 heavy (non-hydrogen) atoms. The number of ketones is 1. The van der Waals surface area contributed by atoms with Gasteiger partial charge in [-0.3, -0.25) is 4.79 Å². The topological polar surface area (TPSA) is 52.6 Å². The van der Waals surface area contributed by atoms with Crippen molar-refractivity contribution >= 4 is 11.8 Å². The highest BCUT2D eigenvalue weighted by Gasteiger charge is 2.36. The Morgan fingerprint density at radius 1 is 1.24 bits per heavy atom. The molecule has 0 radical (unpaired) electrons. The average Bonchev–Trinajstić information content (AvgIpc) is 2.66. The van der Waals surface area contributed by atoms with E-state index in [4.69, 9.17) is 9.47 Å². The SMILES string of the molecule is C.C/C=C(\C)C1CC=CCCCC(C)C(OC)C(C)C(=O)C(C)(C)/C=C/C(=O)O1. The van der Waals surface area contributed by atoms with E-state index in [0.29, 0.717) is 6.42 Å². The summed E-state index contributed by atoms with van der Waals surface area (Å²) in [7, 11) is 1.67. The van der Waals surface area contributed by atoms with Gasteiger partial charge in [-0.15, -0.1) is 0 Å². The van der Waals surface area contributed by atoms with E-state index in [0.717, 1.165) is 24.8 Å². The third-order valence-electron chi connectivity index (χ3n) is 5.78. The van der Waals surface area contributed by atoms with Crippen molar-refractivity contribution in [2.45, 2.75) is 86.9 Å². The van der Waals surface area contributed by atoms with Crippen LogP contribution in [0.15, 0.2) is 36.0 Å². The van der Waals surface area contributed by atoms with Gasteiger partial charge in [-0.2, -0.15) is 0 Å². The number of hydrogen-bond acceptors (Lipinski definition) is 4. The summed E-state index contributed by atoms with van der Waals surface area (Å²) in [5, 5.41) is 0. The number of cyclic esters (lactones) is 1. The molecule has 1 heterocycles. The van der Waals surface area contributed by atoms with Crippen LogP contribution >= 0.6 is 0 Å². The first kappa shape index (κ1) is 27.3. The van der Waals surface area contributed by atoms with Crippen LogP contribution in [0.4, 0.5) is 0 Å². The first-order valence-electron chi connectivity index (χ1n) is 10.4. The van der Waals surface area contributed by atoms with Crippen LogP contribution in [0.1, 0.15) is 74.7 Å². The largest absolute Gasteiger partial charge is 0.454 e. The van der Waals surface area contributed by atoms with Gasteiger partial charge < -0.3 is 9.47 Å². The Bertz CT molecular complexity index is 612. The highest BCUT2D eigenvalue weighted by Crippen LogP contribution is 2.30. The lowest BCUT2D eigenvalue weighted by Crippen LogP contribution is -2.39. The van der Waals surface area contributed by atoms with E-state index >= 15 is 0 Å². The minimum absolute atomic E-state index is 0. The van der Waals surface area contributed by atoms with E-state index in [2.05, 4.69) is 19.1 Å². The lowest BCUT2D eigenvalue weighted by Gasteiger charge is -2.32. The maximum absolute atomic E-state index is 13.1. The number of carbonyl (C=O) groups is 2. The Morgan fingerprint density at radius 3 is 2.48 bits per heavy atom. The predicted octanol–water partition coefficient (Wildman–Crippen LogP) is 6.07. The van der Waals surface area contributed by atoms with E-state index in [1.165, 1.54) is 6.08 Å². The second-order valence-corrected chi connectivity index (χ2v) is 8.48. The number of esters is 1. The molecule has 0 fully saturated rings. The number of hydrogen-bond donors (Lipinski definition) is 0. The number of ether oxygens (including phenoxy) is 2. The second kappa shape index (κ2) is 12.8. The van der Waals surface area contributed by atoms with E-state index < -0.39 is 11.4 Å². The van der Waals surface area contributed by atoms with Crippen LogP contribution in [0.3, 0.4) is 0 Å². The minimum atomic E-state index is -0.767. The lowest BCUT2D eigenvalue weighted by atomic mass is 9.76. The van der Waals surface area contributed by atoms with Crippen molar-refractivity contribution in [3.63, 3.8) is 0 Å². The van der Waals surface area contributed by atoms with Crippen molar-refractivity contribution in [3.05, 3.63) is 36.0 Å². The monoisotopic (exact) mass is 406 g/mol. The first-order valence-corrected chi connectivity index (χ1v) is 10.4. The van der Waals surface area contributed by atoms with Crippen LogP contribution < -0.4 is 0 Å². The molecule has 0 aromatic rings.